The molecule has 1 aromatic carbocycles. The number of nitrogens with two attached hydrogens (primary N) is 1. The Kier molecular flexibility index (Phi) is 2.40. The molecule has 0 atom stereocenters. The van der Waals surface area contributed by atoms with E-state index in [2.05, 4.69) is 5.10 Å². The molecule has 0 saturated carbocycles. The molecule has 2 rings (SSSR count). The van der Waals surface area contributed by atoms with E-state index in [0.29, 0.717) is 5.82 Å². The third-order valence-corrected chi connectivity index (χ3v) is 2.71. The lowest BCUT2D eigenvalue weighted by molar-refractivity contribution is 0.782. The molecule has 0 saturated heterocycles. The maximum Gasteiger partial charge on any atom is 0.124 e. The maximum absolute atomic E-state index is 5.84. The van der Waals surface area contributed by atoms with Gasteiger partial charge in [0.1, 0.15) is 5.82 Å². The molecule has 2 aromatic rings. The van der Waals surface area contributed by atoms with Gasteiger partial charge in [-0.25, -0.2) is 0 Å². The van der Waals surface area contributed by atoms with Gasteiger partial charge in [-0.05, 0) is 19.1 Å². The van der Waals surface area contributed by atoms with E-state index >= 15 is 0 Å². The molecule has 0 fully saturated rings. The highest BCUT2D eigenvalue weighted by Gasteiger charge is 2.10. The van der Waals surface area contributed by atoms with Crippen molar-refractivity contribution in [3.63, 3.8) is 0 Å². The number of benzene rings is 1. The van der Waals surface area contributed by atoms with Gasteiger partial charge in [-0.1, -0.05) is 23.7 Å². The van der Waals surface area contributed by atoms with Gasteiger partial charge in [0.15, 0.2) is 0 Å². The van der Waals surface area contributed by atoms with Crippen LogP contribution in [0, 0.1) is 6.92 Å². The lowest BCUT2D eigenvalue weighted by Crippen LogP contribution is -1.97. The molecule has 0 radical (unpaired) electrons. The van der Waals surface area contributed by atoms with Gasteiger partial charge in [0, 0.05) is 23.2 Å². The van der Waals surface area contributed by atoms with Gasteiger partial charge >= 0.3 is 0 Å². The Balaban J connectivity index is 2.54. The average molecular weight is 222 g/mol. The first-order valence-corrected chi connectivity index (χ1v) is 5.02. The van der Waals surface area contributed by atoms with Crippen LogP contribution in [0.3, 0.4) is 0 Å². The number of nitrogen functional groups attached to an aromatic ring is 1. The normalized spacial score (nSPS) is 10.6. The van der Waals surface area contributed by atoms with Crippen molar-refractivity contribution in [2.24, 2.45) is 7.05 Å². The predicted octanol–water partition coefficient (Wildman–Crippen LogP) is 2.63. The molecule has 0 spiro atoms. The minimum atomic E-state index is 0.694. The summed E-state index contributed by atoms with van der Waals surface area (Å²) < 4.78 is 1.68. The van der Waals surface area contributed by atoms with E-state index in [1.165, 1.54) is 0 Å². The third kappa shape index (κ3) is 1.70. The van der Waals surface area contributed by atoms with Crippen LogP contribution < -0.4 is 5.73 Å². The molecule has 0 bridgehead atoms. The first kappa shape index (κ1) is 10.1. The van der Waals surface area contributed by atoms with Crippen LogP contribution in [0.15, 0.2) is 24.3 Å². The molecule has 0 amide bonds. The highest BCUT2D eigenvalue weighted by molar-refractivity contribution is 6.30. The van der Waals surface area contributed by atoms with Gasteiger partial charge in [-0.15, -0.1) is 0 Å². The van der Waals surface area contributed by atoms with Crippen molar-refractivity contribution >= 4 is 17.4 Å². The largest absolute Gasteiger partial charge is 0.384 e. The van der Waals surface area contributed by atoms with Crippen LogP contribution in [0.25, 0.3) is 11.3 Å². The Morgan fingerprint density at radius 1 is 1.27 bits per heavy atom. The molecule has 4 heteroatoms. The van der Waals surface area contributed by atoms with Gasteiger partial charge in [-0.2, -0.15) is 5.10 Å². The average Bonchev–Trinajstić information content (AvgIpc) is 2.47. The standard InChI is InChI=1S/C11H12ClN3/c1-7-10(14-15(2)11(7)13)8-3-5-9(12)6-4-8/h3-6H,13H2,1-2H3. The van der Waals surface area contributed by atoms with Gasteiger partial charge in [0.25, 0.3) is 0 Å². The van der Waals surface area contributed by atoms with Crippen LogP contribution >= 0.6 is 11.6 Å². The maximum atomic E-state index is 5.84. The smallest absolute Gasteiger partial charge is 0.124 e. The summed E-state index contributed by atoms with van der Waals surface area (Å²) in [6.07, 6.45) is 0. The second-order valence-electron chi connectivity index (χ2n) is 3.49. The lowest BCUT2D eigenvalue weighted by atomic mass is 10.1. The number of hydrogen-bond acceptors (Lipinski definition) is 2. The van der Waals surface area contributed by atoms with Crippen LogP contribution in [0.2, 0.25) is 5.02 Å². The molecule has 0 aliphatic carbocycles. The van der Waals surface area contributed by atoms with Crippen LogP contribution in [0.1, 0.15) is 5.56 Å². The zero-order valence-electron chi connectivity index (χ0n) is 8.66. The molecule has 1 heterocycles. The fraction of sp³-hybridized carbons (Fsp3) is 0.182. The molecule has 0 unspecified atom stereocenters. The Labute approximate surface area is 93.5 Å². The zero-order valence-corrected chi connectivity index (χ0v) is 9.42. The van der Waals surface area contributed by atoms with Crippen molar-refractivity contribution in [1.82, 2.24) is 9.78 Å². The summed E-state index contributed by atoms with van der Waals surface area (Å²) in [6, 6.07) is 7.58. The van der Waals surface area contributed by atoms with Crippen molar-refractivity contribution in [3.05, 3.63) is 34.9 Å². The van der Waals surface area contributed by atoms with Gasteiger partial charge in [0.05, 0.1) is 5.69 Å². The summed E-state index contributed by atoms with van der Waals surface area (Å²) in [4.78, 5) is 0. The quantitative estimate of drug-likeness (QED) is 0.805. The van der Waals surface area contributed by atoms with Crippen LogP contribution in [0.5, 0.6) is 0 Å². The molecule has 2 N–H and O–H groups in total. The summed E-state index contributed by atoms with van der Waals surface area (Å²) in [6.45, 7) is 1.96. The summed E-state index contributed by atoms with van der Waals surface area (Å²) in [7, 11) is 1.84. The Bertz CT molecular complexity index is 485. The van der Waals surface area contributed by atoms with E-state index in [4.69, 9.17) is 17.3 Å². The number of halogens is 1. The summed E-state index contributed by atoms with van der Waals surface area (Å²) in [5.41, 5.74) is 8.78. The molecule has 3 nitrogen and oxygen atoms in total. The first-order chi connectivity index (χ1) is 7.09. The van der Waals surface area contributed by atoms with Crippen LogP contribution in [-0.4, -0.2) is 9.78 Å². The number of aromatic nitrogens is 2. The fourth-order valence-corrected chi connectivity index (χ4v) is 1.65. The molecular weight excluding hydrogens is 210 g/mol. The molecule has 0 aliphatic rings. The second-order valence-corrected chi connectivity index (χ2v) is 3.93. The fourth-order valence-electron chi connectivity index (χ4n) is 1.52. The highest BCUT2D eigenvalue weighted by atomic mass is 35.5. The van der Waals surface area contributed by atoms with Crippen molar-refractivity contribution < 1.29 is 0 Å². The van der Waals surface area contributed by atoms with Crippen LogP contribution in [0.4, 0.5) is 5.82 Å². The summed E-state index contributed by atoms with van der Waals surface area (Å²) in [5, 5.41) is 5.08. The SMILES string of the molecule is Cc1c(-c2ccc(Cl)cc2)nn(C)c1N. The van der Waals surface area contributed by atoms with Crippen molar-refractivity contribution in [1.29, 1.82) is 0 Å². The predicted molar refractivity (Wildman–Crippen MR) is 62.8 cm³/mol. The summed E-state index contributed by atoms with van der Waals surface area (Å²) >= 11 is 5.83. The van der Waals surface area contributed by atoms with Crippen molar-refractivity contribution in [3.8, 4) is 11.3 Å². The third-order valence-electron chi connectivity index (χ3n) is 2.46. The second kappa shape index (κ2) is 3.59. The number of anilines is 1. The Hall–Kier alpha value is -1.48. The van der Waals surface area contributed by atoms with E-state index in [-0.39, 0.29) is 0 Å². The number of rotatable bonds is 1. The van der Waals surface area contributed by atoms with E-state index in [9.17, 15) is 0 Å². The molecule has 78 valence electrons. The monoisotopic (exact) mass is 221 g/mol. The van der Waals surface area contributed by atoms with E-state index in [1.54, 1.807) is 4.68 Å². The van der Waals surface area contributed by atoms with E-state index in [0.717, 1.165) is 21.8 Å². The van der Waals surface area contributed by atoms with Gasteiger partial charge < -0.3 is 5.73 Å². The molecule has 0 aliphatic heterocycles. The molecule has 15 heavy (non-hydrogen) atoms. The van der Waals surface area contributed by atoms with Crippen molar-refractivity contribution in [2.45, 2.75) is 6.92 Å². The van der Waals surface area contributed by atoms with Crippen molar-refractivity contribution in [2.75, 3.05) is 5.73 Å². The van der Waals surface area contributed by atoms with Crippen LogP contribution in [-0.2, 0) is 7.05 Å². The van der Waals surface area contributed by atoms with Gasteiger partial charge in [0.2, 0.25) is 0 Å². The molecule has 1 aromatic heterocycles. The number of aryl methyl sites for hydroxylation is 1. The summed E-state index contributed by atoms with van der Waals surface area (Å²) in [5.74, 6) is 0.694. The minimum Gasteiger partial charge on any atom is -0.384 e. The van der Waals surface area contributed by atoms with Gasteiger partial charge in [-0.3, -0.25) is 4.68 Å². The lowest BCUT2D eigenvalue weighted by Gasteiger charge is -1.98. The highest BCUT2D eigenvalue weighted by Crippen LogP contribution is 2.26. The Morgan fingerprint density at radius 3 is 2.33 bits per heavy atom. The minimum absolute atomic E-state index is 0.694. The van der Waals surface area contributed by atoms with E-state index < -0.39 is 0 Å². The topological polar surface area (TPSA) is 43.8 Å². The number of hydrogen-bond donors (Lipinski definition) is 1. The Morgan fingerprint density at radius 2 is 1.87 bits per heavy atom. The number of nitrogens with zero attached hydrogens (tertiary/aromatic N) is 2. The zero-order chi connectivity index (χ0) is 11.0. The van der Waals surface area contributed by atoms with E-state index in [1.807, 2.05) is 38.2 Å². The first-order valence-electron chi connectivity index (χ1n) is 4.64. The molecular formula is C11H12ClN3.